The summed E-state index contributed by atoms with van der Waals surface area (Å²) in [6.07, 6.45) is 6.78. The van der Waals surface area contributed by atoms with Crippen molar-refractivity contribution in [3.8, 4) is 0 Å². The monoisotopic (exact) mass is 196 g/mol. The predicted octanol–water partition coefficient (Wildman–Crippen LogP) is 0.700. The van der Waals surface area contributed by atoms with Crippen LogP contribution in [0.3, 0.4) is 0 Å². The second kappa shape index (κ2) is 4.17. The summed E-state index contributed by atoms with van der Waals surface area (Å²) in [7, 11) is 1.80. The molecule has 1 aliphatic carbocycles. The number of nitrogens with two attached hydrogens (primary N) is 1. The first-order valence-electron chi connectivity index (χ1n) is 5.57. The summed E-state index contributed by atoms with van der Waals surface area (Å²) in [5.41, 5.74) is 2.70. The van der Waals surface area contributed by atoms with Crippen LogP contribution in [0.15, 0.2) is 4.99 Å². The van der Waals surface area contributed by atoms with E-state index in [1.165, 1.54) is 32.1 Å². The molecule has 1 aliphatic heterocycles. The van der Waals surface area contributed by atoms with E-state index in [9.17, 15) is 0 Å². The number of hydrogen-bond donors (Lipinski definition) is 2. The third-order valence-corrected chi connectivity index (χ3v) is 3.62. The lowest BCUT2D eigenvalue weighted by molar-refractivity contribution is 0.249. The molecule has 2 rings (SSSR count). The molecule has 4 heteroatoms. The van der Waals surface area contributed by atoms with E-state index in [2.05, 4.69) is 15.3 Å². The highest BCUT2D eigenvalue weighted by Gasteiger charge is 2.36. The molecule has 1 heterocycles. The zero-order valence-electron chi connectivity index (χ0n) is 8.87. The third-order valence-electron chi connectivity index (χ3n) is 3.62. The maximum absolute atomic E-state index is 5.46. The van der Waals surface area contributed by atoms with Crippen LogP contribution < -0.4 is 11.3 Å². The van der Waals surface area contributed by atoms with Gasteiger partial charge in [-0.15, -0.1) is 0 Å². The molecule has 80 valence electrons. The fraction of sp³-hybridized carbons (Fsp3) is 0.900. The smallest absolute Gasteiger partial charge is 0.208 e. The molecule has 2 aliphatic rings. The summed E-state index contributed by atoms with van der Waals surface area (Å²) in [5.74, 6) is 7.21. The van der Waals surface area contributed by atoms with Crippen molar-refractivity contribution >= 4 is 5.96 Å². The van der Waals surface area contributed by atoms with Gasteiger partial charge in [-0.1, -0.05) is 12.8 Å². The molecule has 1 saturated heterocycles. The lowest BCUT2D eigenvalue weighted by Gasteiger charge is -2.33. The Kier molecular flexibility index (Phi) is 2.91. The minimum absolute atomic E-state index is 0.693. The summed E-state index contributed by atoms with van der Waals surface area (Å²) in [4.78, 5) is 6.54. The van der Waals surface area contributed by atoms with E-state index in [0.717, 1.165) is 18.4 Å². The van der Waals surface area contributed by atoms with Crippen molar-refractivity contribution in [3.05, 3.63) is 0 Å². The predicted molar refractivity (Wildman–Crippen MR) is 57.8 cm³/mol. The zero-order chi connectivity index (χ0) is 9.97. The van der Waals surface area contributed by atoms with Gasteiger partial charge in [0.15, 0.2) is 0 Å². The lowest BCUT2D eigenvalue weighted by Crippen LogP contribution is -2.48. The maximum atomic E-state index is 5.46. The second-order valence-electron chi connectivity index (χ2n) is 4.29. The number of aliphatic imine (C=N–C) groups is 1. The average Bonchev–Trinajstić information content (AvgIpc) is 2.65. The second-order valence-corrected chi connectivity index (χ2v) is 4.29. The van der Waals surface area contributed by atoms with Crippen molar-refractivity contribution in [2.45, 2.75) is 38.1 Å². The Morgan fingerprint density at radius 1 is 1.36 bits per heavy atom. The van der Waals surface area contributed by atoms with Gasteiger partial charge in [0.05, 0.1) is 0 Å². The summed E-state index contributed by atoms with van der Waals surface area (Å²) < 4.78 is 0. The molecule has 3 N–H and O–H groups in total. The first-order chi connectivity index (χ1) is 6.86. The van der Waals surface area contributed by atoms with Crippen molar-refractivity contribution in [3.63, 3.8) is 0 Å². The normalized spacial score (nSPS) is 33.0. The quantitative estimate of drug-likeness (QED) is 0.259. The van der Waals surface area contributed by atoms with Gasteiger partial charge in [0.1, 0.15) is 0 Å². The van der Waals surface area contributed by atoms with Crippen molar-refractivity contribution in [1.29, 1.82) is 0 Å². The third kappa shape index (κ3) is 1.59. The van der Waals surface area contributed by atoms with Crippen LogP contribution in [-0.4, -0.2) is 30.5 Å². The van der Waals surface area contributed by atoms with E-state index >= 15 is 0 Å². The van der Waals surface area contributed by atoms with E-state index < -0.39 is 0 Å². The Balaban J connectivity index is 2.06. The topological polar surface area (TPSA) is 53.6 Å². The van der Waals surface area contributed by atoms with Gasteiger partial charge < -0.3 is 4.90 Å². The standard InChI is InChI=1S/C10H20N4/c1-12-10(13-11)14-7-6-8-4-2-3-5-9(8)14/h8-9H,2-7,11H2,1H3,(H,12,13). The molecule has 2 fully saturated rings. The first-order valence-corrected chi connectivity index (χ1v) is 5.57. The van der Waals surface area contributed by atoms with Crippen LogP contribution in [0.1, 0.15) is 32.1 Å². The number of nitrogens with zero attached hydrogens (tertiary/aromatic N) is 2. The number of rotatable bonds is 0. The molecule has 2 atom stereocenters. The molecule has 0 aromatic carbocycles. The minimum atomic E-state index is 0.693. The van der Waals surface area contributed by atoms with Crippen LogP contribution in [0.4, 0.5) is 0 Å². The lowest BCUT2D eigenvalue weighted by atomic mass is 9.85. The van der Waals surface area contributed by atoms with Gasteiger partial charge in [-0.2, -0.15) is 0 Å². The number of likely N-dealkylation sites (tertiary alicyclic amines) is 1. The number of nitrogens with one attached hydrogen (secondary N) is 1. The molecular weight excluding hydrogens is 176 g/mol. The van der Waals surface area contributed by atoms with Gasteiger partial charge in [0.2, 0.25) is 5.96 Å². The highest BCUT2D eigenvalue weighted by molar-refractivity contribution is 5.79. The van der Waals surface area contributed by atoms with Crippen molar-refractivity contribution in [2.75, 3.05) is 13.6 Å². The molecule has 0 bridgehead atoms. The molecule has 0 radical (unpaired) electrons. The molecule has 0 aromatic rings. The molecule has 0 amide bonds. The largest absolute Gasteiger partial charge is 0.339 e. The van der Waals surface area contributed by atoms with E-state index in [0.29, 0.717) is 6.04 Å². The van der Waals surface area contributed by atoms with Gasteiger partial charge in [-0.05, 0) is 25.2 Å². The Morgan fingerprint density at radius 2 is 2.14 bits per heavy atom. The van der Waals surface area contributed by atoms with Crippen molar-refractivity contribution in [1.82, 2.24) is 10.3 Å². The Hall–Kier alpha value is -0.770. The van der Waals surface area contributed by atoms with Crippen molar-refractivity contribution < 1.29 is 0 Å². The molecule has 2 unspecified atom stereocenters. The summed E-state index contributed by atoms with van der Waals surface area (Å²) in [6.45, 7) is 1.12. The summed E-state index contributed by atoms with van der Waals surface area (Å²) in [6, 6.07) is 0.693. The van der Waals surface area contributed by atoms with Gasteiger partial charge in [-0.3, -0.25) is 10.4 Å². The highest BCUT2D eigenvalue weighted by atomic mass is 15.4. The maximum Gasteiger partial charge on any atom is 0.208 e. The Morgan fingerprint density at radius 3 is 2.86 bits per heavy atom. The number of fused-ring (bicyclic) bond motifs is 1. The Labute approximate surface area is 85.5 Å². The molecule has 14 heavy (non-hydrogen) atoms. The SMILES string of the molecule is CN=C(NN)N1CCC2CCCCC21. The number of hydrogen-bond acceptors (Lipinski definition) is 2. The van der Waals surface area contributed by atoms with Crippen LogP contribution in [0.2, 0.25) is 0 Å². The van der Waals surface area contributed by atoms with E-state index in [1.54, 1.807) is 7.05 Å². The fourth-order valence-electron chi connectivity index (χ4n) is 2.94. The van der Waals surface area contributed by atoms with E-state index in [1.807, 2.05) is 0 Å². The molecule has 4 nitrogen and oxygen atoms in total. The van der Waals surface area contributed by atoms with Crippen molar-refractivity contribution in [2.24, 2.45) is 16.8 Å². The van der Waals surface area contributed by atoms with Gasteiger partial charge in [0, 0.05) is 19.6 Å². The van der Waals surface area contributed by atoms with Gasteiger partial charge in [-0.25, -0.2) is 5.84 Å². The van der Waals surface area contributed by atoms with Crippen LogP contribution >= 0.6 is 0 Å². The van der Waals surface area contributed by atoms with Crippen LogP contribution in [0, 0.1) is 5.92 Å². The van der Waals surface area contributed by atoms with Crippen LogP contribution in [-0.2, 0) is 0 Å². The van der Waals surface area contributed by atoms with Gasteiger partial charge in [0.25, 0.3) is 0 Å². The Bertz CT molecular complexity index is 226. The zero-order valence-corrected chi connectivity index (χ0v) is 8.87. The van der Waals surface area contributed by atoms with E-state index in [4.69, 9.17) is 5.84 Å². The average molecular weight is 196 g/mol. The fourth-order valence-corrected chi connectivity index (χ4v) is 2.94. The molecule has 0 spiro atoms. The molecular formula is C10H20N4. The van der Waals surface area contributed by atoms with E-state index in [-0.39, 0.29) is 0 Å². The molecule has 1 saturated carbocycles. The van der Waals surface area contributed by atoms with Crippen LogP contribution in [0.5, 0.6) is 0 Å². The highest BCUT2D eigenvalue weighted by Crippen LogP contribution is 2.35. The van der Waals surface area contributed by atoms with Gasteiger partial charge >= 0.3 is 0 Å². The first kappa shape index (κ1) is 9.77. The molecule has 0 aromatic heterocycles. The number of guanidine groups is 1. The summed E-state index contributed by atoms with van der Waals surface area (Å²) in [5, 5.41) is 0. The van der Waals surface area contributed by atoms with Crippen LogP contribution in [0.25, 0.3) is 0 Å². The summed E-state index contributed by atoms with van der Waals surface area (Å²) >= 11 is 0. The number of hydrazine groups is 1. The minimum Gasteiger partial charge on any atom is -0.339 e.